The van der Waals surface area contributed by atoms with Gasteiger partial charge in [0.25, 0.3) is 0 Å². The van der Waals surface area contributed by atoms with Crippen LogP contribution in [0, 0.1) is 11.3 Å². The first-order valence-electron chi connectivity index (χ1n) is 10.3. The quantitative estimate of drug-likeness (QED) is 0.635. The lowest BCUT2D eigenvalue weighted by atomic mass is 9.72. The number of hydrogen-bond donors (Lipinski definition) is 0. The van der Waals surface area contributed by atoms with Crippen LogP contribution in [0.25, 0.3) is 10.2 Å². The van der Waals surface area contributed by atoms with Crippen LogP contribution in [0.4, 0.5) is 27.8 Å². The number of anilines is 1. The first-order valence-corrected chi connectivity index (χ1v) is 11.1. The SMILES string of the molecule is FC(F)(F)Cc1cc2c(N3CC4(CN(CC5CCC(F)(F)CC5)C4)C3)ncnc2s1. The van der Waals surface area contributed by atoms with Crippen LogP contribution in [0.3, 0.4) is 0 Å². The fourth-order valence-corrected chi connectivity index (χ4v) is 6.24. The highest BCUT2D eigenvalue weighted by Crippen LogP contribution is 2.45. The number of likely N-dealkylation sites (tertiary alicyclic amines) is 1. The summed E-state index contributed by atoms with van der Waals surface area (Å²) in [5.41, 5.74) is 0.195. The fourth-order valence-electron chi connectivity index (χ4n) is 5.22. The van der Waals surface area contributed by atoms with E-state index in [0.717, 1.165) is 44.1 Å². The lowest BCUT2D eigenvalue weighted by molar-refractivity contribution is -0.126. The standard InChI is InChI=1S/C20H23F5N4S/c21-19(22)3-1-13(2-4-19)7-28-8-18(9-28)10-29(11-18)16-15-5-14(6-20(23,24)25)30-17(15)27-12-26-16/h5,12-13H,1-4,6-11H2. The number of hydrogen-bond acceptors (Lipinski definition) is 5. The summed E-state index contributed by atoms with van der Waals surface area (Å²) < 4.78 is 64.8. The normalized spacial score (nSPS) is 24.2. The van der Waals surface area contributed by atoms with Gasteiger partial charge >= 0.3 is 6.18 Å². The Bertz CT molecular complexity index is 919. The molecule has 164 valence electrons. The van der Waals surface area contributed by atoms with Crippen molar-refractivity contribution in [3.63, 3.8) is 0 Å². The smallest absolute Gasteiger partial charge is 0.355 e. The molecular weight excluding hydrogens is 423 g/mol. The summed E-state index contributed by atoms with van der Waals surface area (Å²) >= 11 is 1.07. The van der Waals surface area contributed by atoms with Crippen LogP contribution >= 0.6 is 11.3 Å². The van der Waals surface area contributed by atoms with Crippen molar-refractivity contribution in [3.05, 3.63) is 17.3 Å². The topological polar surface area (TPSA) is 32.3 Å². The average molecular weight is 446 g/mol. The van der Waals surface area contributed by atoms with Gasteiger partial charge in [-0.2, -0.15) is 13.2 Å². The van der Waals surface area contributed by atoms with Crippen molar-refractivity contribution in [1.29, 1.82) is 0 Å². The first-order chi connectivity index (χ1) is 14.1. The Hall–Kier alpha value is -1.55. The summed E-state index contributed by atoms with van der Waals surface area (Å²) in [5.74, 6) is -1.41. The molecule has 0 unspecified atom stereocenters. The van der Waals surface area contributed by atoms with Crippen molar-refractivity contribution < 1.29 is 22.0 Å². The second-order valence-corrected chi connectivity index (χ2v) is 10.4. The minimum absolute atomic E-state index is 0.00507. The van der Waals surface area contributed by atoms with Crippen LogP contribution < -0.4 is 4.90 Å². The number of alkyl halides is 5. The van der Waals surface area contributed by atoms with Gasteiger partial charge in [0.1, 0.15) is 17.0 Å². The maximum Gasteiger partial charge on any atom is 0.393 e. The molecule has 0 radical (unpaired) electrons. The highest BCUT2D eigenvalue weighted by molar-refractivity contribution is 7.18. The molecule has 2 aromatic rings. The van der Waals surface area contributed by atoms with Crippen molar-refractivity contribution in [2.75, 3.05) is 37.6 Å². The molecule has 10 heteroatoms. The number of thiophene rings is 1. The number of rotatable bonds is 4. The van der Waals surface area contributed by atoms with Crippen molar-refractivity contribution in [3.8, 4) is 0 Å². The van der Waals surface area contributed by atoms with Gasteiger partial charge in [-0.1, -0.05) is 0 Å². The number of halogens is 5. The van der Waals surface area contributed by atoms with E-state index in [1.54, 1.807) is 6.07 Å². The second kappa shape index (κ2) is 6.98. The summed E-state index contributed by atoms with van der Waals surface area (Å²) in [6.45, 7) is 4.44. The van der Waals surface area contributed by atoms with Gasteiger partial charge in [-0.3, -0.25) is 0 Å². The van der Waals surface area contributed by atoms with E-state index in [9.17, 15) is 22.0 Å². The molecule has 1 spiro atoms. The lowest BCUT2D eigenvalue weighted by Crippen LogP contribution is -2.72. The third kappa shape index (κ3) is 4.00. The molecule has 2 saturated heterocycles. The van der Waals surface area contributed by atoms with Gasteiger partial charge in [0.05, 0.1) is 11.8 Å². The minimum Gasteiger partial charge on any atom is -0.355 e. The molecule has 4 nitrogen and oxygen atoms in total. The molecule has 3 fully saturated rings. The van der Waals surface area contributed by atoms with Gasteiger partial charge in [-0.05, 0) is 24.8 Å². The van der Waals surface area contributed by atoms with Gasteiger partial charge in [0.15, 0.2) is 0 Å². The van der Waals surface area contributed by atoms with Crippen molar-refractivity contribution in [2.24, 2.45) is 11.3 Å². The zero-order valence-electron chi connectivity index (χ0n) is 16.4. The van der Waals surface area contributed by atoms with Gasteiger partial charge in [0.2, 0.25) is 5.92 Å². The van der Waals surface area contributed by atoms with E-state index in [0.29, 0.717) is 34.8 Å². The van der Waals surface area contributed by atoms with Crippen LogP contribution in [-0.2, 0) is 6.42 Å². The molecule has 0 bridgehead atoms. The molecule has 1 aliphatic carbocycles. The molecule has 0 aromatic carbocycles. The lowest BCUT2D eigenvalue weighted by Gasteiger charge is -2.61. The second-order valence-electron chi connectivity index (χ2n) is 9.25. The van der Waals surface area contributed by atoms with Crippen LogP contribution in [0.15, 0.2) is 12.4 Å². The van der Waals surface area contributed by atoms with E-state index in [1.165, 1.54) is 6.33 Å². The Morgan fingerprint density at radius 2 is 1.77 bits per heavy atom. The number of nitrogens with zero attached hydrogens (tertiary/aromatic N) is 4. The Kier molecular flexibility index (Phi) is 4.74. The van der Waals surface area contributed by atoms with E-state index >= 15 is 0 Å². The Morgan fingerprint density at radius 1 is 1.07 bits per heavy atom. The molecular formula is C20H23F5N4S. The summed E-state index contributed by atoms with van der Waals surface area (Å²) in [7, 11) is 0. The van der Waals surface area contributed by atoms with Crippen molar-refractivity contribution >= 4 is 27.4 Å². The number of aromatic nitrogens is 2. The summed E-state index contributed by atoms with van der Waals surface area (Å²) in [5, 5.41) is 0.691. The van der Waals surface area contributed by atoms with Gasteiger partial charge in [-0.25, -0.2) is 18.7 Å². The summed E-state index contributed by atoms with van der Waals surface area (Å²) in [6.07, 6.45) is -2.56. The molecule has 2 aromatic heterocycles. The van der Waals surface area contributed by atoms with E-state index in [2.05, 4.69) is 19.8 Å². The maximum absolute atomic E-state index is 13.3. The molecule has 3 aliphatic rings. The first kappa shape index (κ1) is 20.4. The van der Waals surface area contributed by atoms with Crippen LogP contribution in [0.2, 0.25) is 0 Å². The molecule has 0 N–H and O–H groups in total. The fraction of sp³-hybridized carbons (Fsp3) is 0.700. The molecule has 4 heterocycles. The molecule has 0 atom stereocenters. The highest BCUT2D eigenvalue weighted by atomic mass is 32.1. The van der Waals surface area contributed by atoms with Crippen molar-refractivity contribution in [2.45, 2.75) is 44.2 Å². The zero-order valence-corrected chi connectivity index (χ0v) is 17.2. The summed E-state index contributed by atoms with van der Waals surface area (Å²) in [6, 6.07) is 1.57. The highest BCUT2D eigenvalue weighted by Gasteiger charge is 2.52. The van der Waals surface area contributed by atoms with Gasteiger partial charge < -0.3 is 9.80 Å². The van der Waals surface area contributed by atoms with E-state index in [-0.39, 0.29) is 23.1 Å². The summed E-state index contributed by atoms with van der Waals surface area (Å²) in [4.78, 5) is 13.8. The van der Waals surface area contributed by atoms with Crippen LogP contribution in [-0.4, -0.2) is 59.7 Å². The third-order valence-electron chi connectivity index (χ3n) is 6.56. The zero-order chi connectivity index (χ0) is 21.1. The van der Waals surface area contributed by atoms with E-state index < -0.39 is 18.5 Å². The Morgan fingerprint density at radius 3 is 2.43 bits per heavy atom. The monoisotopic (exact) mass is 446 g/mol. The molecule has 0 amide bonds. The van der Waals surface area contributed by atoms with E-state index in [4.69, 9.17) is 0 Å². The predicted octanol–water partition coefficient (Wildman–Crippen LogP) is 4.74. The Balaban J connectivity index is 1.17. The van der Waals surface area contributed by atoms with Crippen LogP contribution in [0.5, 0.6) is 0 Å². The van der Waals surface area contributed by atoms with Crippen LogP contribution in [0.1, 0.15) is 30.6 Å². The van der Waals surface area contributed by atoms with Gasteiger partial charge in [0, 0.05) is 55.9 Å². The Labute approximate surface area is 175 Å². The van der Waals surface area contributed by atoms with Gasteiger partial charge in [-0.15, -0.1) is 11.3 Å². The minimum atomic E-state index is -4.24. The number of fused-ring (bicyclic) bond motifs is 1. The average Bonchev–Trinajstić information content (AvgIpc) is 2.97. The van der Waals surface area contributed by atoms with Crippen molar-refractivity contribution in [1.82, 2.24) is 14.9 Å². The molecule has 1 saturated carbocycles. The molecule has 2 aliphatic heterocycles. The molecule has 5 rings (SSSR count). The van der Waals surface area contributed by atoms with E-state index in [1.807, 2.05) is 0 Å². The maximum atomic E-state index is 13.3. The molecule has 30 heavy (non-hydrogen) atoms. The predicted molar refractivity (Wildman–Crippen MR) is 105 cm³/mol. The third-order valence-corrected chi connectivity index (χ3v) is 7.60. The largest absolute Gasteiger partial charge is 0.393 e.